The molecule has 0 amide bonds. The van der Waals surface area contributed by atoms with Crippen LogP contribution in [-0.4, -0.2) is 57.4 Å². The SMILES string of the molecule is CCC(=O)OCC(CCCN)(COC(=O)CCN)COC(=O)CCN. The maximum Gasteiger partial charge on any atom is 0.307 e. The van der Waals surface area contributed by atoms with Gasteiger partial charge in [-0.15, -0.1) is 0 Å². The molecule has 0 rings (SSSR count). The molecule has 9 nitrogen and oxygen atoms in total. The first-order valence-electron chi connectivity index (χ1n) is 8.50. The second kappa shape index (κ2) is 13.6. The second-order valence-corrected chi connectivity index (χ2v) is 5.81. The predicted octanol–water partition coefficient (Wildman–Crippen LogP) is -0.551. The van der Waals surface area contributed by atoms with Gasteiger partial charge in [-0.3, -0.25) is 14.4 Å². The first-order chi connectivity index (χ1) is 11.9. The van der Waals surface area contributed by atoms with Crippen LogP contribution in [0.15, 0.2) is 0 Å². The summed E-state index contributed by atoms with van der Waals surface area (Å²) in [5, 5.41) is 0. The number of rotatable bonds is 14. The smallest absolute Gasteiger partial charge is 0.307 e. The third-order valence-electron chi connectivity index (χ3n) is 3.51. The summed E-state index contributed by atoms with van der Waals surface area (Å²) in [6.07, 6.45) is 1.43. The normalized spacial score (nSPS) is 11.0. The average molecular weight is 361 g/mol. The molecule has 0 bridgehead atoms. The van der Waals surface area contributed by atoms with Gasteiger partial charge in [0.05, 0.1) is 18.3 Å². The van der Waals surface area contributed by atoms with Crippen LogP contribution in [0, 0.1) is 5.41 Å². The van der Waals surface area contributed by atoms with Crippen molar-refractivity contribution in [2.24, 2.45) is 22.6 Å². The molecule has 146 valence electrons. The summed E-state index contributed by atoms with van der Waals surface area (Å²) in [6, 6.07) is 0. The van der Waals surface area contributed by atoms with Crippen molar-refractivity contribution in [3.63, 3.8) is 0 Å². The van der Waals surface area contributed by atoms with Crippen LogP contribution in [0.5, 0.6) is 0 Å². The summed E-state index contributed by atoms with van der Waals surface area (Å²) >= 11 is 0. The van der Waals surface area contributed by atoms with Crippen molar-refractivity contribution in [2.75, 3.05) is 39.5 Å². The minimum Gasteiger partial charge on any atom is -0.465 e. The van der Waals surface area contributed by atoms with Gasteiger partial charge in [-0.1, -0.05) is 6.92 Å². The van der Waals surface area contributed by atoms with Gasteiger partial charge in [0.25, 0.3) is 0 Å². The van der Waals surface area contributed by atoms with Gasteiger partial charge in [-0.25, -0.2) is 0 Å². The Kier molecular flexibility index (Phi) is 12.6. The molecule has 25 heavy (non-hydrogen) atoms. The van der Waals surface area contributed by atoms with Crippen LogP contribution in [0.3, 0.4) is 0 Å². The van der Waals surface area contributed by atoms with E-state index < -0.39 is 23.3 Å². The molecule has 0 aromatic heterocycles. The molecule has 0 unspecified atom stereocenters. The maximum absolute atomic E-state index is 11.6. The Bertz CT molecular complexity index is 395. The Balaban J connectivity index is 5.06. The van der Waals surface area contributed by atoms with Crippen molar-refractivity contribution in [3.8, 4) is 0 Å². The highest BCUT2D eigenvalue weighted by Crippen LogP contribution is 2.27. The van der Waals surface area contributed by atoms with Gasteiger partial charge in [-0.05, 0) is 19.4 Å². The minimum absolute atomic E-state index is 0.0362. The molecule has 9 heteroatoms. The highest BCUT2D eigenvalue weighted by molar-refractivity contribution is 5.70. The van der Waals surface area contributed by atoms with E-state index in [9.17, 15) is 14.4 Å². The topological polar surface area (TPSA) is 157 Å². The molecule has 0 aliphatic heterocycles. The molecule has 0 atom stereocenters. The molecule has 0 spiro atoms. The van der Waals surface area contributed by atoms with E-state index in [0.29, 0.717) is 19.4 Å². The van der Waals surface area contributed by atoms with E-state index in [0.717, 1.165) is 0 Å². The molecule has 0 aliphatic rings. The number of carbonyl (C=O) groups is 3. The molecule has 0 fully saturated rings. The third kappa shape index (κ3) is 10.7. The second-order valence-electron chi connectivity index (χ2n) is 5.81. The molecule has 0 radical (unpaired) electrons. The van der Waals surface area contributed by atoms with Crippen LogP contribution in [0.25, 0.3) is 0 Å². The molecule has 0 saturated heterocycles. The lowest BCUT2D eigenvalue weighted by molar-refractivity contribution is -0.162. The van der Waals surface area contributed by atoms with Crippen LogP contribution in [0.2, 0.25) is 0 Å². The molecular weight excluding hydrogens is 330 g/mol. The van der Waals surface area contributed by atoms with Crippen LogP contribution in [0.1, 0.15) is 39.0 Å². The lowest BCUT2D eigenvalue weighted by atomic mass is 9.85. The quantitative estimate of drug-likeness (QED) is 0.273. The van der Waals surface area contributed by atoms with Crippen LogP contribution >= 0.6 is 0 Å². The summed E-state index contributed by atoms with van der Waals surface area (Å²) in [5.41, 5.74) is 15.4. The van der Waals surface area contributed by atoms with Gasteiger partial charge in [0.2, 0.25) is 0 Å². The van der Waals surface area contributed by atoms with Gasteiger partial charge in [0.15, 0.2) is 0 Å². The molecular formula is C16H31N3O6. The van der Waals surface area contributed by atoms with Crippen molar-refractivity contribution < 1.29 is 28.6 Å². The van der Waals surface area contributed by atoms with Crippen LogP contribution < -0.4 is 17.2 Å². The summed E-state index contributed by atoms with van der Waals surface area (Å²) in [6.45, 7) is 2.27. The third-order valence-corrected chi connectivity index (χ3v) is 3.51. The Hall–Kier alpha value is -1.71. The Labute approximate surface area is 148 Å². The van der Waals surface area contributed by atoms with Crippen LogP contribution in [-0.2, 0) is 28.6 Å². The van der Waals surface area contributed by atoms with Crippen molar-refractivity contribution >= 4 is 17.9 Å². The number of hydrogen-bond donors (Lipinski definition) is 3. The number of ether oxygens (including phenoxy) is 3. The van der Waals surface area contributed by atoms with Gasteiger partial charge < -0.3 is 31.4 Å². The molecule has 0 heterocycles. The fourth-order valence-corrected chi connectivity index (χ4v) is 2.00. The first-order valence-corrected chi connectivity index (χ1v) is 8.50. The van der Waals surface area contributed by atoms with Crippen molar-refractivity contribution in [1.29, 1.82) is 0 Å². The van der Waals surface area contributed by atoms with E-state index in [1.807, 2.05) is 0 Å². The summed E-state index contributed by atoms with van der Waals surface area (Å²) in [4.78, 5) is 34.8. The van der Waals surface area contributed by atoms with E-state index in [1.54, 1.807) is 6.92 Å². The zero-order valence-corrected chi connectivity index (χ0v) is 15.0. The Morgan fingerprint density at radius 2 is 1.20 bits per heavy atom. The zero-order valence-electron chi connectivity index (χ0n) is 15.0. The fourth-order valence-electron chi connectivity index (χ4n) is 2.00. The van der Waals surface area contributed by atoms with Crippen molar-refractivity contribution in [1.82, 2.24) is 0 Å². The standard InChI is InChI=1S/C16H31N3O6/c1-2-13(20)23-10-16(6-3-7-17,11-24-14(21)4-8-18)12-25-15(22)5-9-19/h2-12,17-19H2,1H3. The van der Waals surface area contributed by atoms with Crippen LogP contribution in [0.4, 0.5) is 0 Å². The lowest BCUT2D eigenvalue weighted by Crippen LogP contribution is -2.40. The molecule has 0 saturated carbocycles. The molecule has 0 aliphatic carbocycles. The van der Waals surface area contributed by atoms with Crippen molar-refractivity contribution in [3.05, 3.63) is 0 Å². The molecule has 6 N–H and O–H groups in total. The predicted molar refractivity (Wildman–Crippen MR) is 91.2 cm³/mol. The largest absolute Gasteiger partial charge is 0.465 e. The minimum atomic E-state index is -0.848. The monoisotopic (exact) mass is 361 g/mol. The average Bonchev–Trinajstić information content (AvgIpc) is 2.60. The van der Waals surface area contributed by atoms with E-state index in [1.165, 1.54) is 0 Å². The number of hydrogen-bond acceptors (Lipinski definition) is 9. The zero-order chi connectivity index (χ0) is 19.1. The molecule has 0 aromatic rings. The summed E-state index contributed by atoms with van der Waals surface area (Å²) in [7, 11) is 0. The summed E-state index contributed by atoms with van der Waals surface area (Å²) < 4.78 is 15.7. The highest BCUT2D eigenvalue weighted by Gasteiger charge is 2.35. The van der Waals surface area contributed by atoms with E-state index >= 15 is 0 Å². The van der Waals surface area contributed by atoms with E-state index in [4.69, 9.17) is 31.4 Å². The number of nitrogens with two attached hydrogens (primary N) is 3. The van der Waals surface area contributed by atoms with Gasteiger partial charge in [0, 0.05) is 19.5 Å². The molecule has 0 aromatic carbocycles. The van der Waals surface area contributed by atoms with Crippen molar-refractivity contribution in [2.45, 2.75) is 39.0 Å². The highest BCUT2D eigenvalue weighted by atomic mass is 16.6. The first kappa shape index (κ1) is 23.3. The van der Waals surface area contributed by atoms with Gasteiger partial charge in [-0.2, -0.15) is 0 Å². The number of carbonyl (C=O) groups excluding carboxylic acids is 3. The van der Waals surface area contributed by atoms with E-state index in [2.05, 4.69) is 0 Å². The van der Waals surface area contributed by atoms with Gasteiger partial charge in [0.1, 0.15) is 19.8 Å². The Morgan fingerprint density at radius 1 is 0.760 bits per heavy atom. The Morgan fingerprint density at radius 3 is 1.56 bits per heavy atom. The maximum atomic E-state index is 11.6. The fraction of sp³-hybridized carbons (Fsp3) is 0.812. The van der Waals surface area contributed by atoms with E-state index in [-0.39, 0.29) is 52.2 Å². The summed E-state index contributed by atoms with van der Waals surface area (Å²) in [5.74, 6) is -1.32. The van der Waals surface area contributed by atoms with Gasteiger partial charge >= 0.3 is 17.9 Å². The lowest BCUT2D eigenvalue weighted by Gasteiger charge is -2.32. The number of esters is 3.